The largest absolute Gasteiger partial charge is 0.467 e. The lowest BCUT2D eigenvalue weighted by Crippen LogP contribution is -2.17. The Kier molecular flexibility index (Phi) is 5.23. The fourth-order valence-corrected chi connectivity index (χ4v) is 3.61. The monoisotopic (exact) mass is 449 g/mol. The van der Waals surface area contributed by atoms with Crippen molar-refractivity contribution in [3.05, 3.63) is 59.0 Å². The number of amides is 2. The second-order valence-corrected chi connectivity index (χ2v) is 7.33. The molecule has 160 valence electrons. The van der Waals surface area contributed by atoms with Gasteiger partial charge in [-0.25, -0.2) is 9.97 Å². The van der Waals surface area contributed by atoms with Gasteiger partial charge in [0.1, 0.15) is 11.5 Å². The quantitative estimate of drug-likeness (QED) is 0.471. The molecule has 0 atom stereocenters. The lowest BCUT2D eigenvalue weighted by atomic mass is 10.2. The van der Waals surface area contributed by atoms with Crippen LogP contribution in [0.4, 0.5) is 24.3 Å². The summed E-state index contributed by atoms with van der Waals surface area (Å²) in [5.41, 5.74) is -0.368. The van der Waals surface area contributed by atoms with Crippen LogP contribution in [0.15, 0.2) is 46.4 Å². The van der Waals surface area contributed by atoms with Gasteiger partial charge in [-0.3, -0.25) is 14.9 Å². The van der Waals surface area contributed by atoms with E-state index in [4.69, 9.17) is 4.42 Å². The summed E-state index contributed by atoms with van der Waals surface area (Å²) in [4.78, 5) is 32.0. The first-order chi connectivity index (χ1) is 14.7. The number of benzene rings is 1. The number of fused-ring (bicyclic) bond motifs is 1. The highest BCUT2D eigenvalue weighted by molar-refractivity contribution is 7.14. The molecule has 2 amide bonds. The number of rotatable bonds is 5. The zero-order chi connectivity index (χ0) is 22.2. The molecule has 0 aliphatic rings. The number of hydrogen-bond donors (Lipinski definition) is 2. The van der Waals surface area contributed by atoms with Gasteiger partial charge in [0.15, 0.2) is 5.13 Å². The van der Waals surface area contributed by atoms with Gasteiger partial charge in [0.2, 0.25) is 11.9 Å². The Morgan fingerprint density at radius 2 is 2.00 bits per heavy atom. The topological polar surface area (TPSA) is 102 Å². The fraction of sp³-hybridized carbons (Fsp3) is 0.158. The van der Waals surface area contributed by atoms with Crippen LogP contribution in [-0.2, 0) is 17.5 Å². The molecule has 0 aliphatic carbocycles. The van der Waals surface area contributed by atoms with Crippen molar-refractivity contribution in [1.29, 1.82) is 0 Å². The molecule has 8 nitrogen and oxygen atoms in total. The molecule has 0 saturated heterocycles. The third-order valence-corrected chi connectivity index (χ3v) is 4.97. The van der Waals surface area contributed by atoms with Crippen LogP contribution >= 0.6 is 11.3 Å². The number of hydrogen-bond acceptors (Lipinski definition) is 6. The van der Waals surface area contributed by atoms with Crippen molar-refractivity contribution in [2.45, 2.75) is 19.6 Å². The van der Waals surface area contributed by atoms with Crippen LogP contribution in [0.2, 0.25) is 0 Å². The number of nitrogens with one attached hydrogen (secondary N) is 2. The molecule has 1 aromatic carbocycles. The van der Waals surface area contributed by atoms with Gasteiger partial charge < -0.3 is 14.3 Å². The van der Waals surface area contributed by atoms with Gasteiger partial charge in [0.25, 0.3) is 5.91 Å². The van der Waals surface area contributed by atoms with Crippen LogP contribution in [0.25, 0.3) is 11.0 Å². The van der Waals surface area contributed by atoms with Gasteiger partial charge in [0, 0.05) is 12.3 Å². The number of thiazole rings is 1. The Morgan fingerprint density at radius 1 is 1.19 bits per heavy atom. The van der Waals surface area contributed by atoms with Crippen molar-refractivity contribution in [3.63, 3.8) is 0 Å². The first-order valence-corrected chi connectivity index (χ1v) is 9.73. The van der Waals surface area contributed by atoms with Gasteiger partial charge in [-0.1, -0.05) is 0 Å². The van der Waals surface area contributed by atoms with E-state index in [1.807, 2.05) is 0 Å². The Hall–Kier alpha value is -3.67. The van der Waals surface area contributed by atoms with Crippen molar-refractivity contribution in [1.82, 2.24) is 14.5 Å². The average Bonchev–Trinajstić information content (AvgIpc) is 3.42. The number of halogens is 3. The van der Waals surface area contributed by atoms with E-state index in [1.165, 1.54) is 29.2 Å². The van der Waals surface area contributed by atoms with Gasteiger partial charge in [-0.15, -0.1) is 11.3 Å². The number of nitrogens with zero attached hydrogens (tertiary/aromatic N) is 3. The van der Waals surface area contributed by atoms with Crippen LogP contribution in [0.1, 0.15) is 28.7 Å². The first-order valence-electron chi connectivity index (χ1n) is 8.85. The van der Waals surface area contributed by atoms with Gasteiger partial charge in [0.05, 0.1) is 29.4 Å². The minimum Gasteiger partial charge on any atom is -0.467 e. The number of anilines is 2. The van der Waals surface area contributed by atoms with Crippen molar-refractivity contribution in [2.75, 3.05) is 10.6 Å². The smallest absolute Gasteiger partial charge is 0.416 e. The molecule has 0 unspecified atom stereocenters. The van der Waals surface area contributed by atoms with E-state index in [9.17, 15) is 22.8 Å². The second-order valence-electron chi connectivity index (χ2n) is 6.48. The number of furan rings is 1. The zero-order valence-electron chi connectivity index (χ0n) is 15.9. The zero-order valence-corrected chi connectivity index (χ0v) is 16.7. The second kappa shape index (κ2) is 7.87. The minimum atomic E-state index is -4.52. The maximum absolute atomic E-state index is 13.1. The maximum Gasteiger partial charge on any atom is 0.416 e. The van der Waals surface area contributed by atoms with E-state index in [0.717, 1.165) is 23.5 Å². The summed E-state index contributed by atoms with van der Waals surface area (Å²) in [5, 5.41) is 6.74. The summed E-state index contributed by atoms with van der Waals surface area (Å²) in [7, 11) is 0. The molecular formula is C19H14F3N5O3S. The average molecular weight is 449 g/mol. The van der Waals surface area contributed by atoms with Gasteiger partial charge in [-0.2, -0.15) is 13.2 Å². The van der Waals surface area contributed by atoms with E-state index >= 15 is 0 Å². The Labute approximate surface area is 176 Å². The van der Waals surface area contributed by atoms with Crippen LogP contribution in [0, 0.1) is 0 Å². The highest BCUT2D eigenvalue weighted by atomic mass is 32.1. The SMILES string of the molecule is CC(=O)Nc1nc(C(=O)Nc2nc3cc(C(F)(F)F)ccc3n2Cc2ccco2)cs1. The van der Waals surface area contributed by atoms with Crippen molar-refractivity contribution in [3.8, 4) is 0 Å². The molecule has 2 N–H and O–H groups in total. The highest BCUT2D eigenvalue weighted by Gasteiger charge is 2.31. The fourth-order valence-electron chi connectivity index (χ4n) is 2.87. The molecule has 0 bridgehead atoms. The summed E-state index contributed by atoms with van der Waals surface area (Å²) in [6.07, 6.45) is -3.06. The van der Waals surface area contributed by atoms with Crippen LogP contribution in [0.5, 0.6) is 0 Å². The molecular weight excluding hydrogens is 435 g/mol. The van der Waals surface area contributed by atoms with Crippen LogP contribution in [-0.4, -0.2) is 26.3 Å². The molecule has 12 heteroatoms. The predicted molar refractivity (Wildman–Crippen MR) is 107 cm³/mol. The molecule has 4 rings (SSSR count). The van der Waals surface area contributed by atoms with E-state index in [2.05, 4.69) is 20.6 Å². The summed E-state index contributed by atoms with van der Waals surface area (Å²) in [6.45, 7) is 1.45. The highest BCUT2D eigenvalue weighted by Crippen LogP contribution is 2.32. The summed E-state index contributed by atoms with van der Waals surface area (Å²) < 4.78 is 46.1. The number of aromatic nitrogens is 3. The van der Waals surface area contributed by atoms with E-state index in [1.54, 1.807) is 12.1 Å². The van der Waals surface area contributed by atoms with E-state index < -0.39 is 17.6 Å². The van der Waals surface area contributed by atoms with Crippen LogP contribution < -0.4 is 10.6 Å². The lowest BCUT2D eigenvalue weighted by Gasteiger charge is -2.09. The molecule has 4 aromatic rings. The minimum absolute atomic E-state index is 0.0290. The predicted octanol–water partition coefficient (Wildman–Crippen LogP) is 4.36. The molecule has 0 aliphatic heterocycles. The maximum atomic E-state index is 13.1. The van der Waals surface area contributed by atoms with Crippen molar-refractivity contribution in [2.24, 2.45) is 0 Å². The van der Waals surface area contributed by atoms with Crippen LogP contribution in [0.3, 0.4) is 0 Å². The summed E-state index contributed by atoms with van der Waals surface area (Å²) in [5.74, 6) is -0.400. The van der Waals surface area contributed by atoms with E-state index in [-0.39, 0.29) is 34.7 Å². The molecule has 3 aromatic heterocycles. The van der Waals surface area contributed by atoms with Crippen molar-refractivity contribution >= 4 is 45.3 Å². The molecule has 31 heavy (non-hydrogen) atoms. The number of carbonyl (C=O) groups excluding carboxylic acids is 2. The standard InChI is InChI=1S/C19H14F3N5O3S/c1-10(28)23-18-25-14(9-31-18)16(29)26-17-24-13-7-11(19(20,21)22)4-5-15(13)27(17)8-12-3-2-6-30-12/h2-7,9H,8H2,1H3,(H,23,25,28)(H,24,26,29). The lowest BCUT2D eigenvalue weighted by molar-refractivity contribution is -0.137. The Bertz CT molecular complexity index is 1260. The van der Waals surface area contributed by atoms with E-state index in [0.29, 0.717) is 11.3 Å². The normalized spacial score (nSPS) is 11.6. The number of imidazole rings is 1. The third-order valence-electron chi connectivity index (χ3n) is 4.21. The molecule has 0 fully saturated rings. The number of alkyl halides is 3. The Morgan fingerprint density at radius 3 is 2.68 bits per heavy atom. The Balaban J connectivity index is 1.70. The van der Waals surface area contributed by atoms with Gasteiger partial charge >= 0.3 is 6.18 Å². The molecule has 0 saturated carbocycles. The van der Waals surface area contributed by atoms with Crippen molar-refractivity contribution < 1.29 is 27.2 Å². The molecule has 0 spiro atoms. The molecule has 3 heterocycles. The summed E-state index contributed by atoms with van der Waals surface area (Å²) >= 11 is 1.06. The third kappa shape index (κ3) is 4.43. The first kappa shape index (κ1) is 20.6. The number of carbonyl (C=O) groups is 2. The van der Waals surface area contributed by atoms with Gasteiger partial charge in [-0.05, 0) is 30.3 Å². The molecule has 0 radical (unpaired) electrons. The summed E-state index contributed by atoms with van der Waals surface area (Å²) in [6, 6.07) is 6.53.